The topological polar surface area (TPSA) is 86.6 Å². The molecule has 218 valence electrons. The molecule has 6 heterocycles. The fourth-order valence-electron chi connectivity index (χ4n) is 7.69. The van der Waals surface area contributed by atoms with E-state index in [1.807, 2.05) is 6.07 Å². The molecular weight excluding hydrogens is 578 g/mol. The lowest BCUT2D eigenvalue weighted by Crippen LogP contribution is -2.51. The lowest BCUT2D eigenvalue weighted by molar-refractivity contribution is 0.108. The molecule has 11 heteroatoms. The summed E-state index contributed by atoms with van der Waals surface area (Å²) in [6, 6.07) is 8.83. The van der Waals surface area contributed by atoms with Gasteiger partial charge in [0.2, 0.25) is 0 Å². The standard InChI is InChI=1S/C31H31Cl2FN6O2/c32-23-13-22-28(36-27(23)21-12-20(41)11-17-3-6-24(34)26(33)25(17)21)37-30(42-16-31-7-1-9-40(31)10-2-8-31)38-29(22)39-14-18-4-5-19(15-39)35-18/h3,6,11-13,18-19,35,41H,1-2,4-5,7-10,14-16H2/t18-,19+. The van der Waals surface area contributed by atoms with Crippen LogP contribution in [0.5, 0.6) is 11.8 Å². The summed E-state index contributed by atoms with van der Waals surface area (Å²) in [6.07, 6.45) is 6.87. The van der Waals surface area contributed by atoms with Crippen molar-refractivity contribution in [2.75, 3.05) is 37.7 Å². The van der Waals surface area contributed by atoms with Crippen LogP contribution in [0.1, 0.15) is 38.5 Å². The molecule has 4 saturated heterocycles. The minimum absolute atomic E-state index is 0.00114. The van der Waals surface area contributed by atoms with Gasteiger partial charge < -0.3 is 20.1 Å². The van der Waals surface area contributed by atoms with Gasteiger partial charge in [-0.3, -0.25) is 4.90 Å². The third kappa shape index (κ3) is 4.35. The Bertz CT molecular complexity index is 1720. The van der Waals surface area contributed by atoms with Gasteiger partial charge in [0, 0.05) is 36.1 Å². The van der Waals surface area contributed by atoms with Gasteiger partial charge in [0.15, 0.2) is 5.65 Å². The summed E-state index contributed by atoms with van der Waals surface area (Å²) >= 11 is 13.4. The molecule has 4 aromatic rings. The molecule has 42 heavy (non-hydrogen) atoms. The van der Waals surface area contributed by atoms with Crippen LogP contribution in [0.15, 0.2) is 30.3 Å². The van der Waals surface area contributed by atoms with Crippen LogP contribution < -0.4 is 15.0 Å². The summed E-state index contributed by atoms with van der Waals surface area (Å²) < 4.78 is 21.0. The zero-order valence-corrected chi connectivity index (χ0v) is 24.6. The van der Waals surface area contributed by atoms with E-state index in [1.165, 1.54) is 25.0 Å². The van der Waals surface area contributed by atoms with Crippen LogP contribution in [0.2, 0.25) is 10.0 Å². The number of hydrogen-bond donors (Lipinski definition) is 2. The van der Waals surface area contributed by atoms with E-state index in [-0.39, 0.29) is 16.3 Å². The summed E-state index contributed by atoms with van der Waals surface area (Å²) in [5.41, 5.74) is 1.25. The summed E-state index contributed by atoms with van der Waals surface area (Å²) in [4.78, 5) is 19.5. The number of phenols is 1. The van der Waals surface area contributed by atoms with E-state index in [9.17, 15) is 9.50 Å². The Kier molecular flexibility index (Phi) is 6.37. The molecule has 0 aliphatic carbocycles. The number of ether oxygens (including phenoxy) is 1. The van der Waals surface area contributed by atoms with E-state index in [2.05, 4.69) is 15.1 Å². The van der Waals surface area contributed by atoms with Gasteiger partial charge in [0.1, 0.15) is 24.0 Å². The molecule has 2 aromatic carbocycles. The van der Waals surface area contributed by atoms with Crippen molar-refractivity contribution in [2.45, 2.75) is 56.1 Å². The number of nitrogens with one attached hydrogen (secondary N) is 1. The Hall–Kier alpha value is -2.98. The van der Waals surface area contributed by atoms with E-state index < -0.39 is 5.82 Å². The molecule has 2 atom stereocenters. The van der Waals surface area contributed by atoms with Crippen LogP contribution in [0.3, 0.4) is 0 Å². The molecule has 0 radical (unpaired) electrons. The van der Waals surface area contributed by atoms with Crippen LogP contribution in [0.25, 0.3) is 33.1 Å². The minimum atomic E-state index is -0.561. The Morgan fingerprint density at radius 3 is 2.55 bits per heavy atom. The fourth-order valence-corrected chi connectivity index (χ4v) is 8.21. The molecule has 0 saturated carbocycles. The van der Waals surface area contributed by atoms with Crippen LogP contribution in [0.4, 0.5) is 10.2 Å². The average Bonchev–Trinajstić information content (AvgIpc) is 3.66. The van der Waals surface area contributed by atoms with Gasteiger partial charge in [-0.1, -0.05) is 29.3 Å². The second-order valence-electron chi connectivity index (χ2n) is 12.2. The van der Waals surface area contributed by atoms with Crippen LogP contribution >= 0.6 is 23.2 Å². The van der Waals surface area contributed by atoms with Gasteiger partial charge >= 0.3 is 6.01 Å². The van der Waals surface area contributed by atoms with Gasteiger partial charge in [-0.25, -0.2) is 9.37 Å². The second-order valence-corrected chi connectivity index (χ2v) is 13.0. The molecule has 4 fully saturated rings. The zero-order valence-electron chi connectivity index (χ0n) is 23.0. The lowest BCUT2D eigenvalue weighted by atomic mass is 9.95. The smallest absolute Gasteiger partial charge is 0.320 e. The number of hydrogen-bond acceptors (Lipinski definition) is 8. The number of phenolic OH excluding ortho intramolecular Hbond substituents is 1. The third-order valence-corrected chi connectivity index (χ3v) is 10.3. The molecule has 2 N–H and O–H groups in total. The largest absolute Gasteiger partial charge is 0.508 e. The first-order chi connectivity index (χ1) is 20.4. The SMILES string of the molecule is Oc1cc(-c2nc3nc(OCC45CCCN4CCC5)nc(N4C[C@H]5CC[C@@H](C4)N5)c3cc2Cl)c2c(Cl)c(F)ccc2c1. The number of fused-ring (bicyclic) bond motifs is 5. The van der Waals surface area contributed by atoms with E-state index in [0.29, 0.717) is 57.4 Å². The predicted molar refractivity (Wildman–Crippen MR) is 162 cm³/mol. The van der Waals surface area contributed by atoms with Gasteiger partial charge in [0.25, 0.3) is 0 Å². The molecule has 0 spiro atoms. The maximum Gasteiger partial charge on any atom is 0.320 e. The highest BCUT2D eigenvalue weighted by Crippen LogP contribution is 2.43. The Labute approximate surface area is 252 Å². The molecule has 0 unspecified atom stereocenters. The maximum atomic E-state index is 14.6. The lowest BCUT2D eigenvalue weighted by Gasteiger charge is -2.34. The molecule has 0 amide bonds. The molecular formula is C31H31Cl2FN6O2. The Balaban J connectivity index is 1.27. The van der Waals surface area contributed by atoms with E-state index in [0.717, 1.165) is 63.1 Å². The highest BCUT2D eigenvalue weighted by atomic mass is 35.5. The normalized spacial score (nSPS) is 23.3. The van der Waals surface area contributed by atoms with Crippen molar-refractivity contribution in [2.24, 2.45) is 0 Å². The van der Waals surface area contributed by atoms with Crippen molar-refractivity contribution in [1.29, 1.82) is 0 Å². The van der Waals surface area contributed by atoms with Crippen molar-refractivity contribution in [1.82, 2.24) is 25.2 Å². The van der Waals surface area contributed by atoms with Crippen molar-refractivity contribution >= 4 is 50.8 Å². The van der Waals surface area contributed by atoms with Crippen molar-refractivity contribution in [3.63, 3.8) is 0 Å². The first-order valence-corrected chi connectivity index (χ1v) is 15.5. The monoisotopic (exact) mass is 608 g/mol. The third-order valence-electron chi connectivity index (χ3n) is 9.64. The van der Waals surface area contributed by atoms with Crippen LogP contribution in [-0.2, 0) is 0 Å². The number of anilines is 1. The number of nitrogens with zero attached hydrogens (tertiary/aromatic N) is 5. The quantitative estimate of drug-likeness (QED) is 0.288. The second kappa shape index (κ2) is 10.0. The molecule has 2 bridgehead atoms. The first kappa shape index (κ1) is 26.6. The van der Waals surface area contributed by atoms with Crippen molar-refractivity contribution in [3.05, 3.63) is 46.2 Å². The number of rotatable bonds is 5. The van der Waals surface area contributed by atoms with E-state index in [1.54, 1.807) is 12.1 Å². The van der Waals surface area contributed by atoms with Crippen molar-refractivity contribution in [3.8, 4) is 23.0 Å². The molecule has 4 aliphatic heterocycles. The number of aromatic nitrogens is 3. The number of benzene rings is 2. The summed E-state index contributed by atoms with van der Waals surface area (Å²) in [7, 11) is 0. The summed E-state index contributed by atoms with van der Waals surface area (Å²) in [5, 5.41) is 16.2. The zero-order chi connectivity index (χ0) is 28.6. The fraction of sp³-hybridized carbons (Fsp3) is 0.452. The highest BCUT2D eigenvalue weighted by molar-refractivity contribution is 6.38. The molecule has 2 aromatic heterocycles. The molecule has 8 rings (SSSR count). The van der Waals surface area contributed by atoms with Gasteiger partial charge in [0.05, 0.1) is 26.7 Å². The van der Waals surface area contributed by atoms with Gasteiger partial charge in [-0.05, 0) is 81.3 Å². The summed E-state index contributed by atoms with van der Waals surface area (Å²) in [5.74, 6) is 0.194. The number of pyridine rings is 1. The predicted octanol–water partition coefficient (Wildman–Crippen LogP) is 5.94. The van der Waals surface area contributed by atoms with E-state index in [4.69, 9.17) is 42.9 Å². The maximum absolute atomic E-state index is 14.6. The molecule has 8 nitrogen and oxygen atoms in total. The number of halogens is 3. The Morgan fingerprint density at radius 2 is 1.79 bits per heavy atom. The van der Waals surface area contributed by atoms with Crippen molar-refractivity contribution < 1.29 is 14.2 Å². The first-order valence-electron chi connectivity index (χ1n) is 14.8. The molecule has 4 aliphatic rings. The minimum Gasteiger partial charge on any atom is -0.508 e. The highest BCUT2D eigenvalue weighted by Gasteiger charge is 2.45. The van der Waals surface area contributed by atoms with Crippen LogP contribution in [-0.4, -0.2) is 75.4 Å². The van der Waals surface area contributed by atoms with Gasteiger partial charge in [-0.2, -0.15) is 9.97 Å². The average molecular weight is 610 g/mol. The van der Waals surface area contributed by atoms with E-state index >= 15 is 0 Å². The van der Waals surface area contributed by atoms with Crippen LogP contribution in [0, 0.1) is 5.82 Å². The number of piperazine rings is 1. The van der Waals surface area contributed by atoms with Gasteiger partial charge in [-0.15, -0.1) is 0 Å². The summed E-state index contributed by atoms with van der Waals surface area (Å²) in [6.45, 7) is 4.41. The number of aromatic hydroxyl groups is 1. The Morgan fingerprint density at radius 1 is 1.02 bits per heavy atom.